The van der Waals surface area contributed by atoms with Crippen LogP contribution in [0.2, 0.25) is 0 Å². The molecule has 3 aromatic rings. The fourth-order valence-electron chi connectivity index (χ4n) is 2.21. The molecular formula is C18H18N4O2. The molecule has 0 fully saturated rings. The molecule has 0 atom stereocenters. The minimum Gasteiger partial charge on any atom is -0.462 e. The minimum absolute atomic E-state index is 0.247. The molecule has 6 heteroatoms. The van der Waals surface area contributed by atoms with E-state index in [2.05, 4.69) is 15.4 Å². The maximum absolute atomic E-state index is 11.9. The van der Waals surface area contributed by atoms with Crippen LogP contribution in [0.1, 0.15) is 17.1 Å². The number of aryl methyl sites for hydroxylation is 3. The van der Waals surface area contributed by atoms with Gasteiger partial charge in [0.05, 0.1) is 0 Å². The Morgan fingerprint density at radius 3 is 2.83 bits per heavy atom. The van der Waals surface area contributed by atoms with E-state index in [0.29, 0.717) is 11.6 Å². The zero-order valence-electron chi connectivity index (χ0n) is 13.3. The fraction of sp³-hybridized carbons (Fsp3) is 0.167. The van der Waals surface area contributed by atoms with Gasteiger partial charge in [0.1, 0.15) is 11.5 Å². The molecule has 0 aliphatic rings. The van der Waals surface area contributed by atoms with Crippen LogP contribution in [0.3, 0.4) is 0 Å². The number of hydrogen-bond donors (Lipinski definition) is 1. The van der Waals surface area contributed by atoms with Crippen LogP contribution in [0.5, 0.6) is 0 Å². The smallest absolute Gasteiger partial charge is 0.249 e. The number of furan rings is 1. The van der Waals surface area contributed by atoms with Crippen LogP contribution in [0.15, 0.2) is 59.4 Å². The van der Waals surface area contributed by atoms with Crippen LogP contribution in [0, 0.1) is 6.92 Å². The Balaban J connectivity index is 1.52. The highest BCUT2D eigenvalue weighted by molar-refractivity contribution is 6.01. The third kappa shape index (κ3) is 4.42. The second-order valence-corrected chi connectivity index (χ2v) is 5.34. The summed E-state index contributed by atoms with van der Waals surface area (Å²) in [7, 11) is 0. The van der Waals surface area contributed by atoms with Gasteiger partial charge in [0.15, 0.2) is 5.82 Å². The molecule has 0 aromatic carbocycles. The summed E-state index contributed by atoms with van der Waals surface area (Å²) in [6.07, 6.45) is 9.30. The molecule has 0 aliphatic heterocycles. The first-order chi connectivity index (χ1) is 11.7. The Bertz CT molecular complexity index is 834. The molecule has 0 bridgehead atoms. The summed E-state index contributed by atoms with van der Waals surface area (Å²) in [4.78, 5) is 15.9. The lowest BCUT2D eigenvalue weighted by molar-refractivity contribution is -0.111. The van der Waals surface area contributed by atoms with E-state index >= 15 is 0 Å². The number of nitrogens with one attached hydrogen (secondary N) is 1. The highest BCUT2D eigenvalue weighted by Crippen LogP contribution is 2.09. The van der Waals surface area contributed by atoms with Gasteiger partial charge >= 0.3 is 0 Å². The molecule has 24 heavy (non-hydrogen) atoms. The van der Waals surface area contributed by atoms with Gasteiger partial charge in [-0.25, -0.2) is 0 Å². The molecule has 1 amide bonds. The normalized spacial score (nSPS) is 11.0. The molecule has 0 radical (unpaired) electrons. The lowest BCUT2D eigenvalue weighted by Gasteiger charge is -2.01. The molecule has 3 heterocycles. The monoisotopic (exact) mass is 322 g/mol. The van der Waals surface area contributed by atoms with Gasteiger partial charge in [-0.2, -0.15) is 5.10 Å². The van der Waals surface area contributed by atoms with E-state index in [1.807, 2.05) is 37.4 Å². The fourth-order valence-corrected chi connectivity index (χ4v) is 2.21. The number of aromatic nitrogens is 3. The van der Waals surface area contributed by atoms with Crippen molar-refractivity contribution in [2.24, 2.45) is 0 Å². The number of carbonyl (C=O) groups excluding carboxylic acids is 1. The molecule has 3 rings (SSSR count). The standard InChI is InChI=1S/C18H18N4O2/c1-14-2-3-16(24-14)4-5-18(23)20-17-9-13-22(21-17)12-8-15-6-10-19-11-7-15/h2-7,9-11,13H,8,12H2,1H3,(H,20,21,23). The lowest BCUT2D eigenvalue weighted by Crippen LogP contribution is -2.09. The van der Waals surface area contributed by atoms with Gasteiger partial charge in [0.2, 0.25) is 5.91 Å². The van der Waals surface area contributed by atoms with Crippen molar-refractivity contribution < 1.29 is 9.21 Å². The summed E-state index contributed by atoms with van der Waals surface area (Å²) >= 11 is 0. The van der Waals surface area contributed by atoms with Crippen LogP contribution in [-0.4, -0.2) is 20.7 Å². The van der Waals surface area contributed by atoms with Gasteiger partial charge in [0, 0.05) is 37.3 Å². The summed E-state index contributed by atoms with van der Waals surface area (Å²) in [6.45, 7) is 2.59. The van der Waals surface area contributed by atoms with Gasteiger partial charge in [-0.05, 0) is 49.2 Å². The summed E-state index contributed by atoms with van der Waals surface area (Å²) in [5, 5.41) is 7.06. The number of nitrogens with zero attached hydrogens (tertiary/aromatic N) is 3. The highest BCUT2D eigenvalue weighted by Gasteiger charge is 2.03. The topological polar surface area (TPSA) is 73.0 Å². The Hall–Kier alpha value is -3.15. The number of anilines is 1. The zero-order chi connectivity index (χ0) is 16.8. The van der Waals surface area contributed by atoms with Crippen LogP contribution in [-0.2, 0) is 17.8 Å². The van der Waals surface area contributed by atoms with Crippen molar-refractivity contribution in [3.63, 3.8) is 0 Å². The molecule has 6 nitrogen and oxygen atoms in total. The van der Waals surface area contributed by atoms with Crippen LogP contribution < -0.4 is 5.32 Å². The van der Waals surface area contributed by atoms with Crippen molar-refractivity contribution in [3.8, 4) is 0 Å². The second kappa shape index (κ2) is 7.41. The first kappa shape index (κ1) is 15.7. The number of pyridine rings is 1. The molecule has 122 valence electrons. The van der Waals surface area contributed by atoms with Crippen LogP contribution in [0.25, 0.3) is 6.08 Å². The zero-order valence-corrected chi connectivity index (χ0v) is 13.3. The van der Waals surface area contributed by atoms with E-state index in [1.165, 1.54) is 11.6 Å². The molecule has 1 N–H and O–H groups in total. The van der Waals surface area contributed by atoms with Gasteiger partial charge in [-0.1, -0.05) is 0 Å². The van der Waals surface area contributed by atoms with Gasteiger partial charge in [-0.3, -0.25) is 14.5 Å². The Morgan fingerprint density at radius 1 is 1.25 bits per heavy atom. The van der Waals surface area contributed by atoms with Gasteiger partial charge in [0.25, 0.3) is 0 Å². The van der Waals surface area contributed by atoms with Crippen molar-refractivity contribution >= 4 is 17.8 Å². The molecule has 0 aliphatic carbocycles. The highest BCUT2D eigenvalue weighted by atomic mass is 16.3. The SMILES string of the molecule is Cc1ccc(C=CC(=O)Nc2ccn(CCc3ccncc3)n2)o1. The average molecular weight is 322 g/mol. The van der Waals surface area contributed by atoms with E-state index < -0.39 is 0 Å². The van der Waals surface area contributed by atoms with Gasteiger partial charge in [-0.15, -0.1) is 0 Å². The van der Waals surface area contributed by atoms with E-state index in [1.54, 1.807) is 29.2 Å². The summed E-state index contributed by atoms with van der Waals surface area (Å²) < 4.78 is 7.17. The Morgan fingerprint density at radius 2 is 2.08 bits per heavy atom. The Kier molecular flexibility index (Phi) is 4.86. The molecule has 0 saturated heterocycles. The van der Waals surface area contributed by atoms with E-state index in [4.69, 9.17) is 4.42 Å². The largest absolute Gasteiger partial charge is 0.462 e. The maximum atomic E-state index is 11.9. The third-order valence-electron chi connectivity index (χ3n) is 3.43. The van der Waals surface area contributed by atoms with Crippen molar-refractivity contribution in [2.75, 3.05) is 5.32 Å². The predicted octanol–water partition coefficient (Wildman–Crippen LogP) is 3.07. The predicted molar refractivity (Wildman–Crippen MR) is 91.3 cm³/mol. The van der Waals surface area contributed by atoms with E-state index in [9.17, 15) is 4.79 Å². The molecule has 0 saturated carbocycles. The van der Waals surface area contributed by atoms with Crippen molar-refractivity contribution in [1.29, 1.82) is 0 Å². The minimum atomic E-state index is -0.247. The van der Waals surface area contributed by atoms with Crippen molar-refractivity contribution in [1.82, 2.24) is 14.8 Å². The first-order valence-electron chi connectivity index (χ1n) is 7.67. The number of hydrogen-bond acceptors (Lipinski definition) is 4. The average Bonchev–Trinajstić information content (AvgIpc) is 3.21. The van der Waals surface area contributed by atoms with E-state index in [-0.39, 0.29) is 5.91 Å². The molecular weight excluding hydrogens is 304 g/mol. The van der Waals surface area contributed by atoms with Crippen molar-refractivity contribution in [2.45, 2.75) is 19.9 Å². The van der Waals surface area contributed by atoms with Gasteiger partial charge < -0.3 is 9.73 Å². The summed E-state index contributed by atoms with van der Waals surface area (Å²) in [5.41, 5.74) is 1.20. The second-order valence-electron chi connectivity index (χ2n) is 5.34. The number of carbonyl (C=O) groups is 1. The van der Waals surface area contributed by atoms with Crippen molar-refractivity contribution in [3.05, 3.63) is 72.1 Å². The summed E-state index contributed by atoms with van der Waals surface area (Å²) in [5.74, 6) is 1.73. The molecule has 3 aromatic heterocycles. The third-order valence-corrected chi connectivity index (χ3v) is 3.43. The number of amides is 1. The quantitative estimate of drug-likeness (QED) is 0.708. The maximum Gasteiger partial charge on any atom is 0.249 e. The Labute approximate surface area is 139 Å². The van der Waals surface area contributed by atoms with Crippen LogP contribution in [0.4, 0.5) is 5.82 Å². The molecule has 0 spiro atoms. The summed E-state index contributed by atoms with van der Waals surface area (Å²) in [6, 6.07) is 9.39. The van der Waals surface area contributed by atoms with E-state index in [0.717, 1.165) is 18.7 Å². The number of rotatable bonds is 6. The molecule has 0 unspecified atom stereocenters. The first-order valence-corrected chi connectivity index (χ1v) is 7.67. The van der Waals surface area contributed by atoms with Crippen LogP contribution >= 0.6 is 0 Å². The lowest BCUT2D eigenvalue weighted by atomic mass is 10.2.